The highest BCUT2D eigenvalue weighted by atomic mass is 16.5. The summed E-state index contributed by atoms with van der Waals surface area (Å²) in [6.45, 7) is 8.09. The Kier molecular flexibility index (Phi) is 6.45. The van der Waals surface area contributed by atoms with Crippen LogP contribution in [0.15, 0.2) is 48.5 Å². The van der Waals surface area contributed by atoms with Crippen LogP contribution in [0.2, 0.25) is 0 Å². The van der Waals surface area contributed by atoms with Gasteiger partial charge in [0.05, 0.1) is 19.3 Å². The zero-order valence-corrected chi connectivity index (χ0v) is 15.6. The number of carbonyl (C=O) groups is 1. The minimum absolute atomic E-state index is 0.0389. The van der Waals surface area contributed by atoms with Gasteiger partial charge in [-0.3, -0.25) is 4.79 Å². The van der Waals surface area contributed by atoms with Crippen LogP contribution in [0.25, 0.3) is 0 Å². The predicted octanol–water partition coefficient (Wildman–Crippen LogP) is 4.61. The summed E-state index contributed by atoms with van der Waals surface area (Å²) in [6, 6.07) is 15.2. The van der Waals surface area contributed by atoms with Gasteiger partial charge in [0.1, 0.15) is 0 Å². The third-order valence-electron chi connectivity index (χ3n) is 3.90. The Morgan fingerprint density at radius 1 is 0.960 bits per heavy atom. The molecule has 0 bridgehead atoms. The van der Waals surface area contributed by atoms with E-state index in [2.05, 4.69) is 19.2 Å². The Labute approximate surface area is 150 Å². The highest BCUT2D eigenvalue weighted by Crippen LogP contribution is 2.29. The summed E-state index contributed by atoms with van der Waals surface area (Å²) in [5, 5.41) is 3.13. The van der Waals surface area contributed by atoms with Crippen LogP contribution < -0.4 is 14.8 Å². The molecule has 2 rings (SSSR count). The van der Waals surface area contributed by atoms with E-state index < -0.39 is 0 Å². The topological polar surface area (TPSA) is 47.6 Å². The molecule has 1 unspecified atom stereocenters. The molecule has 0 spiro atoms. The minimum atomic E-state index is -0.128. The van der Waals surface area contributed by atoms with Crippen LogP contribution in [-0.4, -0.2) is 19.1 Å². The van der Waals surface area contributed by atoms with Crippen LogP contribution in [-0.2, 0) is 0 Å². The lowest BCUT2D eigenvalue weighted by Gasteiger charge is -2.23. The molecule has 4 nitrogen and oxygen atoms in total. The van der Waals surface area contributed by atoms with Crippen molar-refractivity contribution in [3.8, 4) is 11.5 Å². The maximum atomic E-state index is 12.7. The summed E-state index contributed by atoms with van der Waals surface area (Å²) in [7, 11) is 1.57. The summed E-state index contributed by atoms with van der Waals surface area (Å²) >= 11 is 0. The lowest BCUT2D eigenvalue weighted by molar-refractivity contribution is 0.0925. The third kappa shape index (κ3) is 4.99. The molecule has 134 valence electrons. The molecule has 0 saturated carbocycles. The molecule has 1 N–H and O–H groups in total. The Morgan fingerprint density at radius 3 is 2.20 bits per heavy atom. The predicted molar refractivity (Wildman–Crippen MR) is 100 cm³/mol. The summed E-state index contributed by atoms with van der Waals surface area (Å²) < 4.78 is 11.1. The number of hydrogen-bond donors (Lipinski definition) is 1. The monoisotopic (exact) mass is 341 g/mol. The van der Waals surface area contributed by atoms with E-state index in [1.54, 1.807) is 25.3 Å². The van der Waals surface area contributed by atoms with Gasteiger partial charge in [0.2, 0.25) is 0 Å². The number of methoxy groups -OCH3 is 1. The molecule has 0 fully saturated rings. The standard InChI is InChI=1S/C21H27NO3/c1-14(2)20(16-9-7-6-8-10-16)22-21(23)17-11-12-18(25-15(3)4)19(13-17)24-5/h6-15,20H,1-5H3,(H,22,23). The molecule has 0 aliphatic rings. The summed E-state index contributed by atoms with van der Waals surface area (Å²) in [5.74, 6) is 1.34. The van der Waals surface area contributed by atoms with Gasteiger partial charge in [-0.25, -0.2) is 0 Å². The van der Waals surface area contributed by atoms with Crippen LogP contribution in [0, 0.1) is 5.92 Å². The van der Waals surface area contributed by atoms with E-state index in [0.717, 1.165) is 5.56 Å². The van der Waals surface area contributed by atoms with Gasteiger partial charge in [-0.15, -0.1) is 0 Å². The average Bonchev–Trinajstić information content (AvgIpc) is 2.59. The van der Waals surface area contributed by atoms with Gasteiger partial charge >= 0.3 is 0 Å². The fraction of sp³-hybridized carbons (Fsp3) is 0.381. The fourth-order valence-electron chi connectivity index (χ4n) is 2.68. The highest BCUT2D eigenvalue weighted by molar-refractivity contribution is 5.95. The van der Waals surface area contributed by atoms with E-state index in [-0.39, 0.29) is 24.0 Å². The van der Waals surface area contributed by atoms with Crippen LogP contribution in [0.4, 0.5) is 0 Å². The SMILES string of the molecule is COc1cc(C(=O)NC(c2ccccc2)C(C)C)ccc1OC(C)C. The summed E-state index contributed by atoms with van der Waals surface area (Å²) in [5.41, 5.74) is 1.65. The number of hydrogen-bond acceptors (Lipinski definition) is 3. The van der Waals surface area contributed by atoms with Crippen molar-refractivity contribution < 1.29 is 14.3 Å². The first kappa shape index (κ1) is 18.8. The van der Waals surface area contributed by atoms with Gasteiger partial charge in [-0.05, 0) is 43.5 Å². The number of benzene rings is 2. The molecule has 0 radical (unpaired) electrons. The summed E-state index contributed by atoms with van der Waals surface area (Å²) in [6.07, 6.45) is 0.0389. The Bertz CT molecular complexity index is 696. The summed E-state index contributed by atoms with van der Waals surface area (Å²) in [4.78, 5) is 12.7. The maximum absolute atomic E-state index is 12.7. The zero-order chi connectivity index (χ0) is 18.4. The molecule has 2 aromatic carbocycles. The van der Waals surface area contributed by atoms with Gasteiger partial charge in [-0.2, -0.15) is 0 Å². The van der Waals surface area contributed by atoms with E-state index in [9.17, 15) is 4.79 Å². The van der Waals surface area contributed by atoms with Crippen LogP contribution >= 0.6 is 0 Å². The van der Waals surface area contributed by atoms with Crippen molar-refractivity contribution in [1.82, 2.24) is 5.32 Å². The van der Waals surface area contributed by atoms with Gasteiger partial charge in [0.25, 0.3) is 5.91 Å². The third-order valence-corrected chi connectivity index (χ3v) is 3.90. The largest absolute Gasteiger partial charge is 0.493 e. The van der Waals surface area contributed by atoms with E-state index in [1.807, 2.05) is 44.2 Å². The second-order valence-electron chi connectivity index (χ2n) is 6.64. The van der Waals surface area contributed by atoms with E-state index in [4.69, 9.17) is 9.47 Å². The first-order chi connectivity index (χ1) is 11.9. The normalized spacial score (nSPS) is 12.1. The Morgan fingerprint density at radius 2 is 1.64 bits per heavy atom. The van der Waals surface area contributed by atoms with Crippen molar-refractivity contribution in [2.45, 2.75) is 39.8 Å². The van der Waals surface area contributed by atoms with Gasteiger partial charge < -0.3 is 14.8 Å². The molecule has 2 aromatic rings. The minimum Gasteiger partial charge on any atom is -0.493 e. The number of amides is 1. The van der Waals surface area contributed by atoms with Crippen molar-refractivity contribution in [1.29, 1.82) is 0 Å². The van der Waals surface area contributed by atoms with Gasteiger partial charge in [0.15, 0.2) is 11.5 Å². The first-order valence-corrected chi connectivity index (χ1v) is 8.63. The number of ether oxygens (including phenoxy) is 2. The number of carbonyl (C=O) groups excluding carboxylic acids is 1. The molecule has 4 heteroatoms. The molecular formula is C21H27NO3. The molecule has 0 saturated heterocycles. The second kappa shape index (κ2) is 8.56. The van der Waals surface area contributed by atoms with Crippen molar-refractivity contribution in [2.24, 2.45) is 5.92 Å². The lowest BCUT2D eigenvalue weighted by Crippen LogP contribution is -2.31. The Balaban J connectivity index is 2.21. The maximum Gasteiger partial charge on any atom is 0.251 e. The molecule has 0 heterocycles. The molecule has 1 atom stereocenters. The first-order valence-electron chi connectivity index (χ1n) is 8.63. The Hall–Kier alpha value is -2.49. The van der Waals surface area contributed by atoms with E-state index >= 15 is 0 Å². The van der Waals surface area contributed by atoms with Crippen molar-refractivity contribution in [3.05, 3.63) is 59.7 Å². The van der Waals surface area contributed by atoms with Crippen LogP contribution in [0.1, 0.15) is 49.7 Å². The number of nitrogens with one attached hydrogen (secondary N) is 1. The van der Waals surface area contributed by atoms with Gasteiger partial charge in [-0.1, -0.05) is 44.2 Å². The molecule has 0 aliphatic carbocycles. The van der Waals surface area contributed by atoms with Crippen molar-refractivity contribution in [2.75, 3.05) is 7.11 Å². The molecule has 0 aliphatic heterocycles. The van der Waals surface area contributed by atoms with Crippen molar-refractivity contribution >= 4 is 5.91 Å². The molecule has 25 heavy (non-hydrogen) atoms. The fourth-order valence-corrected chi connectivity index (χ4v) is 2.68. The number of rotatable bonds is 7. The van der Waals surface area contributed by atoms with E-state index in [0.29, 0.717) is 17.1 Å². The average molecular weight is 341 g/mol. The van der Waals surface area contributed by atoms with Crippen LogP contribution in [0.3, 0.4) is 0 Å². The zero-order valence-electron chi connectivity index (χ0n) is 15.6. The van der Waals surface area contributed by atoms with Crippen molar-refractivity contribution in [3.63, 3.8) is 0 Å². The highest BCUT2D eigenvalue weighted by Gasteiger charge is 2.20. The quantitative estimate of drug-likeness (QED) is 0.800. The van der Waals surface area contributed by atoms with Crippen LogP contribution in [0.5, 0.6) is 11.5 Å². The lowest BCUT2D eigenvalue weighted by atomic mass is 9.95. The molecule has 1 amide bonds. The molecule has 0 aromatic heterocycles. The molecular weight excluding hydrogens is 314 g/mol. The smallest absolute Gasteiger partial charge is 0.251 e. The van der Waals surface area contributed by atoms with Gasteiger partial charge in [0, 0.05) is 5.56 Å². The van der Waals surface area contributed by atoms with E-state index in [1.165, 1.54) is 0 Å². The second-order valence-corrected chi connectivity index (χ2v) is 6.64.